The summed E-state index contributed by atoms with van der Waals surface area (Å²) in [5.74, 6) is 0.0846. The third kappa shape index (κ3) is 6.80. The fourth-order valence-corrected chi connectivity index (χ4v) is 3.13. The molecule has 1 aliphatic heterocycles. The maximum atomic E-state index is 11.5. The minimum absolute atomic E-state index is 0.0209. The van der Waals surface area contributed by atoms with Crippen LogP contribution in [-0.4, -0.2) is 40.8 Å². The molecule has 1 amide bonds. The van der Waals surface area contributed by atoms with Crippen LogP contribution < -0.4 is 0 Å². The molecule has 1 saturated heterocycles. The summed E-state index contributed by atoms with van der Waals surface area (Å²) in [6, 6.07) is 0.0209. The largest absolute Gasteiger partial charge is 0.465 e. The molecular formula is C18H33NO4. The highest BCUT2D eigenvalue weighted by atomic mass is 16.6. The summed E-state index contributed by atoms with van der Waals surface area (Å²) >= 11 is 0. The van der Waals surface area contributed by atoms with Crippen LogP contribution in [0.3, 0.4) is 0 Å². The second-order valence-corrected chi connectivity index (χ2v) is 6.85. The highest BCUT2D eigenvalue weighted by molar-refractivity contribution is 5.78. The van der Waals surface area contributed by atoms with Gasteiger partial charge in [-0.1, -0.05) is 39.0 Å². The summed E-state index contributed by atoms with van der Waals surface area (Å²) < 4.78 is 5.27. The van der Waals surface area contributed by atoms with Gasteiger partial charge in [-0.05, 0) is 39.5 Å². The standard InChI is InChI=1S/C18H33NO4/c1-4-5-6-8-11-15-16(23-17(15)20)12-9-7-10-13-19(14(2)3)18(21)22/h14-16H,4-13H2,1-3H3,(H,21,22). The highest BCUT2D eigenvalue weighted by Crippen LogP contribution is 2.31. The first-order valence-corrected chi connectivity index (χ1v) is 9.17. The molecule has 2 unspecified atom stereocenters. The van der Waals surface area contributed by atoms with E-state index < -0.39 is 6.09 Å². The number of hydrogen-bond donors (Lipinski definition) is 1. The molecule has 0 aliphatic carbocycles. The van der Waals surface area contributed by atoms with Crippen LogP contribution in [0.2, 0.25) is 0 Å². The molecule has 0 spiro atoms. The molecule has 0 aromatic heterocycles. The van der Waals surface area contributed by atoms with Gasteiger partial charge in [-0.3, -0.25) is 4.79 Å². The predicted molar refractivity (Wildman–Crippen MR) is 90.5 cm³/mol. The third-order valence-corrected chi connectivity index (χ3v) is 4.64. The predicted octanol–water partition coefficient (Wildman–Crippen LogP) is 4.45. The molecule has 1 N–H and O–H groups in total. The monoisotopic (exact) mass is 327 g/mol. The Morgan fingerprint density at radius 1 is 1.13 bits per heavy atom. The first kappa shape index (κ1) is 19.8. The van der Waals surface area contributed by atoms with Gasteiger partial charge in [-0.15, -0.1) is 0 Å². The summed E-state index contributed by atoms with van der Waals surface area (Å²) in [5, 5.41) is 9.09. The summed E-state index contributed by atoms with van der Waals surface area (Å²) in [7, 11) is 0. The van der Waals surface area contributed by atoms with E-state index in [0.717, 1.165) is 38.5 Å². The van der Waals surface area contributed by atoms with Gasteiger partial charge in [0.25, 0.3) is 0 Å². The van der Waals surface area contributed by atoms with Gasteiger partial charge in [-0.2, -0.15) is 0 Å². The number of nitrogens with zero attached hydrogens (tertiary/aromatic N) is 1. The van der Waals surface area contributed by atoms with Crippen molar-refractivity contribution >= 4 is 12.1 Å². The minimum atomic E-state index is -0.847. The van der Waals surface area contributed by atoms with Gasteiger partial charge in [0.15, 0.2) is 0 Å². The number of rotatable bonds is 12. The lowest BCUT2D eigenvalue weighted by atomic mass is 9.87. The molecule has 134 valence electrons. The number of hydrogen-bond acceptors (Lipinski definition) is 3. The molecule has 1 fully saturated rings. The zero-order valence-electron chi connectivity index (χ0n) is 14.9. The van der Waals surface area contributed by atoms with E-state index >= 15 is 0 Å². The Bertz CT molecular complexity index is 370. The van der Waals surface area contributed by atoms with Gasteiger partial charge in [0, 0.05) is 12.6 Å². The van der Waals surface area contributed by atoms with Gasteiger partial charge in [0.05, 0.1) is 5.92 Å². The van der Waals surface area contributed by atoms with Gasteiger partial charge in [0.2, 0.25) is 0 Å². The average molecular weight is 327 g/mol. The maximum Gasteiger partial charge on any atom is 0.407 e. The molecular weight excluding hydrogens is 294 g/mol. The van der Waals surface area contributed by atoms with Crippen LogP contribution in [0.5, 0.6) is 0 Å². The van der Waals surface area contributed by atoms with E-state index in [-0.39, 0.29) is 24.0 Å². The van der Waals surface area contributed by atoms with Crippen molar-refractivity contribution in [2.75, 3.05) is 6.54 Å². The Kier molecular flexibility index (Phi) is 9.03. The van der Waals surface area contributed by atoms with Crippen molar-refractivity contribution in [2.24, 2.45) is 5.92 Å². The van der Waals surface area contributed by atoms with E-state index in [1.165, 1.54) is 24.2 Å². The van der Waals surface area contributed by atoms with Crippen LogP contribution >= 0.6 is 0 Å². The van der Waals surface area contributed by atoms with E-state index in [1.807, 2.05) is 13.8 Å². The normalized spacial score (nSPS) is 20.3. The number of carboxylic acid groups (broad SMARTS) is 1. The van der Waals surface area contributed by atoms with Crippen LogP contribution in [0.4, 0.5) is 4.79 Å². The Morgan fingerprint density at radius 3 is 2.35 bits per heavy atom. The first-order chi connectivity index (χ1) is 11.0. The Balaban J connectivity index is 2.13. The van der Waals surface area contributed by atoms with E-state index in [9.17, 15) is 9.59 Å². The van der Waals surface area contributed by atoms with E-state index in [1.54, 1.807) is 0 Å². The van der Waals surface area contributed by atoms with Gasteiger partial charge >= 0.3 is 12.1 Å². The molecule has 1 rings (SSSR count). The van der Waals surface area contributed by atoms with E-state index in [0.29, 0.717) is 6.54 Å². The molecule has 0 aromatic rings. The number of esters is 1. The van der Waals surface area contributed by atoms with Crippen LogP contribution in [0, 0.1) is 5.92 Å². The second-order valence-electron chi connectivity index (χ2n) is 6.85. The lowest BCUT2D eigenvalue weighted by Crippen LogP contribution is -2.44. The molecule has 1 heterocycles. The van der Waals surface area contributed by atoms with Crippen LogP contribution in [-0.2, 0) is 9.53 Å². The molecule has 23 heavy (non-hydrogen) atoms. The van der Waals surface area contributed by atoms with Crippen LogP contribution in [0.1, 0.15) is 78.6 Å². The van der Waals surface area contributed by atoms with Crippen molar-refractivity contribution in [2.45, 2.75) is 90.7 Å². The number of unbranched alkanes of at least 4 members (excludes halogenated alkanes) is 5. The fraction of sp³-hybridized carbons (Fsp3) is 0.889. The second kappa shape index (κ2) is 10.5. The smallest absolute Gasteiger partial charge is 0.407 e. The van der Waals surface area contributed by atoms with Gasteiger partial charge in [0.1, 0.15) is 6.10 Å². The Hall–Kier alpha value is -1.26. The Morgan fingerprint density at radius 2 is 1.78 bits per heavy atom. The number of ether oxygens (including phenoxy) is 1. The molecule has 0 radical (unpaired) electrons. The summed E-state index contributed by atoms with van der Waals surface area (Å²) in [6.45, 7) is 6.55. The third-order valence-electron chi connectivity index (χ3n) is 4.64. The van der Waals surface area contributed by atoms with Crippen molar-refractivity contribution in [1.29, 1.82) is 0 Å². The SMILES string of the molecule is CCCCCCC1C(=O)OC1CCCCCN(C(=O)O)C(C)C. The van der Waals surface area contributed by atoms with Crippen LogP contribution in [0.15, 0.2) is 0 Å². The van der Waals surface area contributed by atoms with Crippen molar-refractivity contribution in [3.05, 3.63) is 0 Å². The summed E-state index contributed by atoms with van der Waals surface area (Å²) in [5.41, 5.74) is 0. The molecule has 5 nitrogen and oxygen atoms in total. The van der Waals surface area contributed by atoms with Gasteiger partial charge in [-0.25, -0.2) is 4.79 Å². The van der Waals surface area contributed by atoms with E-state index in [4.69, 9.17) is 9.84 Å². The Labute approximate surface area is 140 Å². The molecule has 2 atom stereocenters. The zero-order valence-corrected chi connectivity index (χ0v) is 14.9. The lowest BCUT2D eigenvalue weighted by Gasteiger charge is -2.35. The zero-order chi connectivity index (χ0) is 17.2. The maximum absolute atomic E-state index is 11.5. The number of cyclic esters (lactones) is 1. The topological polar surface area (TPSA) is 66.8 Å². The molecule has 0 aromatic carbocycles. The van der Waals surface area contributed by atoms with E-state index in [2.05, 4.69) is 6.92 Å². The van der Waals surface area contributed by atoms with Crippen molar-refractivity contribution in [3.8, 4) is 0 Å². The average Bonchev–Trinajstić information content (AvgIpc) is 2.48. The summed E-state index contributed by atoms with van der Waals surface area (Å²) in [4.78, 5) is 24.1. The minimum Gasteiger partial charge on any atom is -0.465 e. The molecule has 5 heteroatoms. The molecule has 0 saturated carbocycles. The fourth-order valence-electron chi connectivity index (χ4n) is 3.13. The molecule has 1 aliphatic rings. The van der Waals surface area contributed by atoms with Crippen molar-refractivity contribution in [3.63, 3.8) is 0 Å². The first-order valence-electron chi connectivity index (χ1n) is 9.17. The van der Waals surface area contributed by atoms with Crippen molar-refractivity contribution in [1.82, 2.24) is 4.90 Å². The summed E-state index contributed by atoms with van der Waals surface area (Å²) in [6.07, 6.45) is 8.74. The van der Waals surface area contributed by atoms with Crippen LogP contribution in [0.25, 0.3) is 0 Å². The highest BCUT2D eigenvalue weighted by Gasteiger charge is 2.40. The number of carbonyl (C=O) groups excluding carboxylic acids is 1. The van der Waals surface area contributed by atoms with Gasteiger partial charge < -0.3 is 14.7 Å². The number of carbonyl (C=O) groups is 2. The quantitative estimate of drug-likeness (QED) is 0.425. The number of amides is 1. The molecule has 0 bridgehead atoms. The lowest BCUT2D eigenvalue weighted by molar-refractivity contribution is -0.186. The van der Waals surface area contributed by atoms with Crippen molar-refractivity contribution < 1.29 is 19.4 Å².